The van der Waals surface area contributed by atoms with Crippen LogP contribution >= 0.6 is 0 Å². The van der Waals surface area contributed by atoms with Gasteiger partial charge >= 0.3 is 0 Å². The van der Waals surface area contributed by atoms with Crippen molar-refractivity contribution in [2.24, 2.45) is 0 Å². The van der Waals surface area contributed by atoms with E-state index < -0.39 is 0 Å². The van der Waals surface area contributed by atoms with Gasteiger partial charge in [0.25, 0.3) is 0 Å². The van der Waals surface area contributed by atoms with Crippen molar-refractivity contribution < 1.29 is 9.90 Å². The lowest BCUT2D eigenvalue weighted by molar-refractivity contribution is -0.116. The monoisotopic (exact) mass is 242 g/mol. The molecule has 0 saturated carbocycles. The van der Waals surface area contributed by atoms with E-state index in [1.54, 1.807) is 30.3 Å². The summed E-state index contributed by atoms with van der Waals surface area (Å²) in [4.78, 5) is 14.4. The number of H-pyrrole nitrogens is 1. The van der Waals surface area contributed by atoms with Crippen LogP contribution in [-0.2, 0) is 11.3 Å². The average Bonchev–Trinajstić information content (AvgIpc) is 2.89. The Morgan fingerprint density at radius 2 is 2.06 bits per heavy atom. The topological polar surface area (TPSA) is 65.1 Å². The number of carbonyl (C=O) groups is 1. The molecule has 1 aromatic heterocycles. The van der Waals surface area contributed by atoms with E-state index in [0.717, 1.165) is 11.1 Å². The van der Waals surface area contributed by atoms with Gasteiger partial charge in [0.15, 0.2) is 0 Å². The van der Waals surface area contributed by atoms with Crippen LogP contribution in [0, 0.1) is 0 Å². The number of aromatic hydroxyl groups is 1. The minimum absolute atomic E-state index is 0.149. The van der Waals surface area contributed by atoms with Crippen LogP contribution in [-0.4, -0.2) is 16.0 Å². The van der Waals surface area contributed by atoms with Gasteiger partial charge in [-0.25, -0.2) is 0 Å². The molecule has 1 heterocycles. The Morgan fingerprint density at radius 3 is 2.72 bits per heavy atom. The van der Waals surface area contributed by atoms with E-state index in [9.17, 15) is 4.79 Å². The molecule has 4 heteroatoms. The standard InChI is InChI=1S/C14H14N2O2/c17-13-4-1-11(2-5-13)3-6-14(18)16-10-12-7-8-15-9-12/h1-9,15,17H,10H2,(H,16,18)/b6-3+. The lowest BCUT2D eigenvalue weighted by atomic mass is 10.2. The highest BCUT2D eigenvalue weighted by atomic mass is 16.3. The Kier molecular flexibility index (Phi) is 3.81. The van der Waals surface area contributed by atoms with Gasteiger partial charge < -0.3 is 15.4 Å². The van der Waals surface area contributed by atoms with Gasteiger partial charge in [-0.2, -0.15) is 0 Å². The second-order valence-electron chi connectivity index (χ2n) is 3.86. The minimum atomic E-state index is -0.149. The highest BCUT2D eigenvalue weighted by Crippen LogP contribution is 2.10. The number of rotatable bonds is 4. The summed E-state index contributed by atoms with van der Waals surface area (Å²) in [6.07, 6.45) is 6.82. The fourth-order valence-electron chi connectivity index (χ4n) is 1.47. The van der Waals surface area contributed by atoms with Crippen LogP contribution < -0.4 is 5.32 Å². The molecular formula is C14H14N2O2. The molecule has 0 aliphatic carbocycles. The van der Waals surface area contributed by atoms with Crippen molar-refractivity contribution in [1.82, 2.24) is 10.3 Å². The Labute approximate surface area is 105 Å². The maximum Gasteiger partial charge on any atom is 0.244 e. The van der Waals surface area contributed by atoms with E-state index in [1.165, 1.54) is 6.08 Å². The molecule has 0 unspecified atom stereocenters. The molecule has 18 heavy (non-hydrogen) atoms. The van der Waals surface area contributed by atoms with Crippen molar-refractivity contribution in [3.05, 3.63) is 59.9 Å². The maximum absolute atomic E-state index is 11.5. The van der Waals surface area contributed by atoms with Crippen LogP contribution in [0.4, 0.5) is 0 Å². The van der Waals surface area contributed by atoms with Crippen LogP contribution in [0.25, 0.3) is 6.08 Å². The second kappa shape index (κ2) is 5.72. The molecule has 0 aliphatic rings. The van der Waals surface area contributed by atoms with Gasteiger partial charge in [0.1, 0.15) is 5.75 Å². The summed E-state index contributed by atoms with van der Waals surface area (Å²) in [5.41, 5.74) is 1.89. The summed E-state index contributed by atoms with van der Waals surface area (Å²) in [7, 11) is 0. The number of aromatic nitrogens is 1. The molecule has 92 valence electrons. The van der Waals surface area contributed by atoms with Crippen LogP contribution in [0.5, 0.6) is 5.75 Å². The zero-order chi connectivity index (χ0) is 12.8. The van der Waals surface area contributed by atoms with Crippen molar-refractivity contribution >= 4 is 12.0 Å². The largest absolute Gasteiger partial charge is 0.508 e. The number of benzene rings is 1. The van der Waals surface area contributed by atoms with Gasteiger partial charge in [-0.15, -0.1) is 0 Å². The highest BCUT2D eigenvalue weighted by molar-refractivity contribution is 5.91. The van der Waals surface area contributed by atoms with Crippen LogP contribution in [0.3, 0.4) is 0 Å². The zero-order valence-electron chi connectivity index (χ0n) is 9.76. The van der Waals surface area contributed by atoms with Crippen molar-refractivity contribution in [3.63, 3.8) is 0 Å². The fourth-order valence-corrected chi connectivity index (χ4v) is 1.47. The second-order valence-corrected chi connectivity index (χ2v) is 3.86. The Balaban J connectivity index is 1.85. The highest BCUT2D eigenvalue weighted by Gasteiger charge is 1.96. The molecule has 0 atom stereocenters. The molecule has 3 N–H and O–H groups in total. The van der Waals surface area contributed by atoms with Gasteiger partial charge in [0.2, 0.25) is 5.91 Å². The van der Waals surface area contributed by atoms with Gasteiger partial charge in [0, 0.05) is 25.0 Å². The summed E-state index contributed by atoms with van der Waals surface area (Å²) in [5, 5.41) is 11.9. The quantitative estimate of drug-likeness (QED) is 0.718. The summed E-state index contributed by atoms with van der Waals surface area (Å²) in [6, 6.07) is 8.55. The smallest absolute Gasteiger partial charge is 0.244 e. The molecule has 0 saturated heterocycles. The van der Waals surface area contributed by atoms with E-state index in [1.807, 2.05) is 18.5 Å². The van der Waals surface area contributed by atoms with E-state index >= 15 is 0 Å². The average molecular weight is 242 g/mol. The maximum atomic E-state index is 11.5. The van der Waals surface area contributed by atoms with Crippen LogP contribution in [0.1, 0.15) is 11.1 Å². The van der Waals surface area contributed by atoms with Gasteiger partial charge in [-0.05, 0) is 35.4 Å². The SMILES string of the molecule is O=C(/C=C/c1ccc(O)cc1)NCc1cc[nH]c1. The molecule has 2 rings (SSSR count). The van der Waals surface area contributed by atoms with E-state index in [-0.39, 0.29) is 11.7 Å². The summed E-state index contributed by atoms with van der Waals surface area (Å²) in [6.45, 7) is 0.502. The van der Waals surface area contributed by atoms with Gasteiger partial charge in [-0.1, -0.05) is 12.1 Å². The molecule has 0 spiro atoms. The van der Waals surface area contributed by atoms with Crippen molar-refractivity contribution in [1.29, 1.82) is 0 Å². The molecule has 2 aromatic rings. The van der Waals surface area contributed by atoms with Gasteiger partial charge in [-0.3, -0.25) is 4.79 Å². The molecule has 0 aliphatic heterocycles. The number of nitrogens with one attached hydrogen (secondary N) is 2. The summed E-state index contributed by atoms with van der Waals surface area (Å²) in [5.74, 6) is 0.0633. The first kappa shape index (κ1) is 12.0. The Hall–Kier alpha value is -2.49. The predicted molar refractivity (Wildman–Crippen MR) is 69.8 cm³/mol. The minimum Gasteiger partial charge on any atom is -0.508 e. The molecule has 1 amide bonds. The molecule has 4 nitrogen and oxygen atoms in total. The van der Waals surface area contributed by atoms with E-state index in [0.29, 0.717) is 6.54 Å². The lowest BCUT2D eigenvalue weighted by Gasteiger charge is -1.99. The normalized spacial score (nSPS) is 10.7. The Bertz CT molecular complexity index is 527. The first-order valence-electron chi connectivity index (χ1n) is 5.60. The molecule has 1 aromatic carbocycles. The fraction of sp³-hybridized carbons (Fsp3) is 0.0714. The van der Waals surface area contributed by atoms with Crippen molar-refractivity contribution in [3.8, 4) is 5.75 Å². The number of hydrogen-bond acceptors (Lipinski definition) is 2. The molecular weight excluding hydrogens is 228 g/mol. The number of phenolic OH excluding ortho intramolecular Hbond substituents is 1. The molecule has 0 fully saturated rings. The van der Waals surface area contributed by atoms with E-state index in [4.69, 9.17) is 5.11 Å². The zero-order valence-corrected chi connectivity index (χ0v) is 9.76. The van der Waals surface area contributed by atoms with Crippen LogP contribution in [0.2, 0.25) is 0 Å². The number of aromatic amines is 1. The predicted octanol–water partition coefficient (Wildman–Crippen LogP) is 2.05. The van der Waals surface area contributed by atoms with E-state index in [2.05, 4.69) is 10.3 Å². The van der Waals surface area contributed by atoms with Crippen LogP contribution in [0.15, 0.2) is 48.8 Å². The van der Waals surface area contributed by atoms with Crippen molar-refractivity contribution in [2.45, 2.75) is 6.54 Å². The Morgan fingerprint density at radius 1 is 1.28 bits per heavy atom. The number of amides is 1. The van der Waals surface area contributed by atoms with Crippen molar-refractivity contribution in [2.75, 3.05) is 0 Å². The third kappa shape index (κ3) is 3.52. The third-order valence-corrected chi connectivity index (χ3v) is 2.45. The first-order chi connectivity index (χ1) is 8.74. The third-order valence-electron chi connectivity index (χ3n) is 2.45. The molecule has 0 bridgehead atoms. The first-order valence-corrected chi connectivity index (χ1v) is 5.60. The number of hydrogen-bond donors (Lipinski definition) is 3. The number of carbonyl (C=O) groups excluding carboxylic acids is 1. The summed E-state index contributed by atoms with van der Waals surface area (Å²) >= 11 is 0. The molecule has 0 radical (unpaired) electrons. The van der Waals surface area contributed by atoms with Gasteiger partial charge in [0.05, 0.1) is 0 Å². The summed E-state index contributed by atoms with van der Waals surface area (Å²) < 4.78 is 0. The lowest BCUT2D eigenvalue weighted by Crippen LogP contribution is -2.19. The number of phenols is 1.